The summed E-state index contributed by atoms with van der Waals surface area (Å²) in [5, 5.41) is -7.18. The van der Waals surface area contributed by atoms with E-state index in [0.717, 1.165) is 0 Å². The van der Waals surface area contributed by atoms with E-state index in [-0.39, 0.29) is 35.7 Å². The minimum atomic E-state index is -3.60. The maximum absolute atomic E-state index is 12.9. The maximum Gasteiger partial charge on any atom is 0.322 e. The Labute approximate surface area is 105 Å². The molecule has 0 spiro atoms. The predicted molar refractivity (Wildman–Crippen MR) is 60.6 cm³/mol. The first-order valence-corrected chi connectivity index (χ1v) is 6.61. The van der Waals surface area contributed by atoms with Crippen molar-refractivity contribution in [2.75, 3.05) is 19.1 Å². The van der Waals surface area contributed by atoms with Crippen LogP contribution in [0.25, 0.3) is 0 Å². The number of thioether (sulfide) groups is 2. The first-order chi connectivity index (χ1) is 7.60. The van der Waals surface area contributed by atoms with Crippen molar-refractivity contribution in [1.82, 2.24) is 0 Å². The highest BCUT2D eigenvalue weighted by molar-refractivity contribution is 8.04. The molecule has 0 aliphatic heterocycles. The van der Waals surface area contributed by atoms with Gasteiger partial charge in [-0.25, -0.2) is 8.78 Å². The third kappa shape index (κ3) is 6.69. The van der Waals surface area contributed by atoms with Crippen LogP contribution in [0.15, 0.2) is 0 Å². The van der Waals surface area contributed by atoms with Crippen LogP contribution in [0.4, 0.5) is 26.3 Å². The monoisotopic (exact) mass is 300 g/mol. The molecule has 0 heterocycles. The molecule has 0 aromatic carbocycles. The van der Waals surface area contributed by atoms with E-state index in [0.29, 0.717) is 0 Å². The third-order valence-corrected chi connectivity index (χ3v) is 4.87. The van der Waals surface area contributed by atoms with Gasteiger partial charge in [0.1, 0.15) is 0 Å². The standard InChI is InChI=1S/C9H14F6S2/c1-3-7(2,17-9(14,15)5-11)6-16-8(12,13)4-10/h3-6H2,1-2H3. The van der Waals surface area contributed by atoms with Crippen molar-refractivity contribution in [3.8, 4) is 0 Å². The number of alkyl halides is 6. The van der Waals surface area contributed by atoms with Gasteiger partial charge in [-0.1, -0.05) is 30.4 Å². The van der Waals surface area contributed by atoms with Crippen molar-refractivity contribution in [3.63, 3.8) is 0 Å². The summed E-state index contributed by atoms with van der Waals surface area (Å²) in [6, 6.07) is 0. The molecule has 0 radical (unpaired) electrons. The second-order valence-electron chi connectivity index (χ2n) is 3.74. The first-order valence-electron chi connectivity index (χ1n) is 4.81. The van der Waals surface area contributed by atoms with Crippen LogP contribution in [0.1, 0.15) is 20.3 Å². The molecule has 0 nitrogen and oxygen atoms in total. The summed E-state index contributed by atoms with van der Waals surface area (Å²) in [5.41, 5.74) is 0. The molecule has 0 N–H and O–H groups in total. The minimum Gasteiger partial charge on any atom is -0.243 e. The molecule has 0 saturated heterocycles. The third-order valence-electron chi connectivity index (χ3n) is 2.04. The van der Waals surface area contributed by atoms with E-state index in [1.807, 2.05) is 0 Å². The van der Waals surface area contributed by atoms with Gasteiger partial charge in [-0.3, -0.25) is 0 Å². The molecular weight excluding hydrogens is 286 g/mol. The number of rotatable bonds is 8. The summed E-state index contributed by atoms with van der Waals surface area (Å²) >= 11 is -0.00800. The molecule has 0 aliphatic carbocycles. The molecular formula is C9H14F6S2. The van der Waals surface area contributed by atoms with Gasteiger partial charge < -0.3 is 0 Å². The van der Waals surface area contributed by atoms with Crippen molar-refractivity contribution < 1.29 is 26.3 Å². The average molecular weight is 300 g/mol. The van der Waals surface area contributed by atoms with Crippen LogP contribution in [0.5, 0.6) is 0 Å². The fourth-order valence-corrected chi connectivity index (χ4v) is 3.02. The zero-order chi connectivity index (χ0) is 13.7. The van der Waals surface area contributed by atoms with Gasteiger partial charge in [-0.2, -0.15) is 17.6 Å². The molecule has 0 aliphatic rings. The highest BCUT2D eigenvalue weighted by atomic mass is 32.2. The predicted octanol–water partition coefficient (Wildman–Crippen LogP) is 4.75. The Hall–Kier alpha value is 0.280. The van der Waals surface area contributed by atoms with Crippen molar-refractivity contribution in [1.29, 1.82) is 0 Å². The normalized spacial score (nSPS) is 16.9. The van der Waals surface area contributed by atoms with Crippen LogP contribution in [-0.2, 0) is 0 Å². The number of halogens is 6. The van der Waals surface area contributed by atoms with Crippen molar-refractivity contribution in [3.05, 3.63) is 0 Å². The molecule has 17 heavy (non-hydrogen) atoms. The Bertz CT molecular complexity index is 236. The Morgan fingerprint density at radius 3 is 1.76 bits per heavy atom. The highest BCUT2D eigenvalue weighted by Gasteiger charge is 2.41. The fourth-order valence-electron chi connectivity index (χ4n) is 0.888. The molecule has 8 heteroatoms. The van der Waals surface area contributed by atoms with Gasteiger partial charge in [-0.15, -0.1) is 0 Å². The first kappa shape index (κ1) is 17.3. The lowest BCUT2D eigenvalue weighted by atomic mass is 10.1. The van der Waals surface area contributed by atoms with E-state index in [2.05, 4.69) is 0 Å². The SMILES string of the molecule is CCC(C)(CSC(F)(F)CF)SC(F)(F)CF. The van der Waals surface area contributed by atoms with Gasteiger partial charge in [0.15, 0.2) is 13.3 Å². The van der Waals surface area contributed by atoms with Crippen LogP contribution < -0.4 is 0 Å². The Balaban J connectivity index is 4.48. The summed E-state index contributed by atoms with van der Waals surface area (Å²) in [5.74, 6) is -0.374. The van der Waals surface area contributed by atoms with Gasteiger partial charge in [0.05, 0.1) is 0 Å². The maximum atomic E-state index is 12.9. The highest BCUT2D eigenvalue weighted by Crippen LogP contribution is 2.45. The lowest BCUT2D eigenvalue weighted by molar-refractivity contribution is 0.0712. The molecule has 1 atom stereocenters. The van der Waals surface area contributed by atoms with Gasteiger partial charge in [0, 0.05) is 10.5 Å². The van der Waals surface area contributed by atoms with E-state index < -0.39 is 28.6 Å². The summed E-state index contributed by atoms with van der Waals surface area (Å²) in [6.07, 6.45) is 0.155. The topological polar surface area (TPSA) is 0 Å². The van der Waals surface area contributed by atoms with Crippen LogP contribution in [-0.4, -0.2) is 34.4 Å². The molecule has 0 fully saturated rings. The lowest BCUT2D eigenvalue weighted by Gasteiger charge is -2.31. The zero-order valence-electron chi connectivity index (χ0n) is 9.41. The van der Waals surface area contributed by atoms with E-state index in [4.69, 9.17) is 0 Å². The smallest absolute Gasteiger partial charge is 0.243 e. The van der Waals surface area contributed by atoms with Gasteiger partial charge in [0.25, 0.3) is 0 Å². The molecule has 0 bridgehead atoms. The molecule has 104 valence electrons. The largest absolute Gasteiger partial charge is 0.322 e. The quantitative estimate of drug-likeness (QED) is 0.593. The lowest BCUT2D eigenvalue weighted by Crippen LogP contribution is -2.32. The Morgan fingerprint density at radius 1 is 0.941 bits per heavy atom. The molecule has 0 aromatic rings. The van der Waals surface area contributed by atoms with Crippen molar-refractivity contribution >= 4 is 23.5 Å². The molecule has 0 amide bonds. The molecule has 0 aromatic heterocycles. The summed E-state index contributed by atoms with van der Waals surface area (Å²) < 4.78 is 73.6. The van der Waals surface area contributed by atoms with Gasteiger partial charge >= 0.3 is 10.5 Å². The second kappa shape index (κ2) is 6.45. The van der Waals surface area contributed by atoms with Crippen LogP contribution in [0.2, 0.25) is 0 Å². The van der Waals surface area contributed by atoms with Crippen molar-refractivity contribution in [2.24, 2.45) is 0 Å². The van der Waals surface area contributed by atoms with E-state index in [1.165, 1.54) is 13.8 Å². The second-order valence-corrected chi connectivity index (χ2v) is 6.70. The molecule has 0 rings (SSSR count). The summed E-state index contributed by atoms with van der Waals surface area (Å²) in [7, 11) is 0. The average Bonchev–Trinajstić information content (AvgIpc) is 2.26. The zero-order valence-corrected chi connectivity index (χ0v) is 11.0. The van der Waals surface area contributed by atoms with E-state index in [9.17, 15) is 26.3 Å². The number of hydrogen-bond acceptors (Lipinski definition) is 2. The van der Waals surface area contributed by atoms with E-state index >= 15 is 0 Å². The van der Waals surface area contributed by atoms with Gasteiger partial charge in [0.2, 0.25) is 0 Å². The minimum absolute atomic E-state index is 0.0155. The van der Waals surface area contributed by atoms with Gasteiger partial charge in [-0.05, 0) is 13.3 Å². The van der Waals surface area contributed by atoms with Crippen LogP contribution in [0, 0.1) is 0 Å². The summed E-state index contributed by atoms with van der Waals surface area (Å²) in [4.78, 5) is 0. The number of hydrogen-bond donors (Lipinski definition) is 0. The Morgan fingerprint density at radius 2 is 1.41 bits per heavy atom. The van der Waals surface area contributed by atoms with Crippen LogP contribution >= 0.6 is 23.5 Å². The van der Waals surface area contributed by atoms with E-state index in [1.54, 1.807) is 0 Å². The molecule has 1 unspecified atom stereocenters. The van der Waals surface area contributed by atoms with Crippen molar-refractivity contribution in [2.45, 2.75) is 35.5 Å². The Kier molecular flexibility index (Phi) is 6.55. The fraction of sp³-hybridized carbons (Fsp3) is 1.00. The van der Waals surface area contributed by atoms with Crippen LogP contribution in [0.3, 0.4) is 0 Å². The molecule has 0 saturated carbocycles. The summed E-state index contributed by atoms with van der Waals surface area (Å²) in [6.45, 7) is -0.822.